The first kappa shape index (κ1) is 34.3. The van der Waals surface area contributed by atoms with Crippen LogP contribution in [0, 0.1) is 10.2 Å². The van der Waals surface area contributed by atoms with E-state index in [0.717, 1.165) is 30.9 Å². The fraction of sp³-hybridized carbons (Fsp3) is 0.122. The minimum atomic E-state index is -2.49. The van der Waals surface area contributed by atoms with Crippen LogP contribution in [0.4, 0.5) is 4.39 Å². The molecular formula is C41H34FO2OsPS2+. The Balaban J connectivity index is 1.71. The van der Waals surface area contributed by atoms with Gasteiger partial charge in [-0.3, -0.25) is 0 Å². The van der Waals surface area contributed by atoms with Gasteiger partial charge < -0.3 is 0 Å². The number of hydrogen-bond donors (Lipinski definition) is 0. The van der Waals surface area contributed by atoms with Crippen LogP contribution in [0.3, 0.4) is 0 Å². The van der Waals surface area contributed by atoms with Crippen molar-refractivity contribution in [3.8, 4) is 4.37 Å². The van der Waals surface area contributed by atoms with Crippen molar-refractivity contribution >= 4 is 73.9 Å². The van der Waals surface area contributed by atoms with Gasteiger partial charge in [-0.05, 0) is 0 Å². The fourth-order valence-electron chi connectivity index (χ4n) is 6.13. The summed E-state index contributed by atoms with van der Waals surface area (Å²) >= 11 is 4.53. The number of allylic oxidation sites excluding steroid dienone is 6. The molecule has 0 aliphatic carbocycles. The topological polar surface area (TPSA) is 26.3 Å². The molecule has 3 heterocycles. The molecule has 1 saturated heterocycles. The van der Waals surface area contributed by atoms with Gasteiger partial charge in [0.25, 0.3) is 0 Å². The van der Waals surface area contributed by atoms with Crippen molar-refractivity contribution in [1.29, 1.82) is 0 Å². The number of rotatable bonds is 9. The van der Waals surface area contributed by atoms with Crippen molar-refractivity contribution in [3.63, 3.8) is 0 Å². The molecular weight excluding hydrogens is 829 g/mol. The second-order valence-corrected chi connectivity index (χ2v) is 17.3. The molecule has 3 aromatic carbocycles. The molecule has 48 heavy (non-hydrogen) atoms. The van der Waals surface area contributed by atoms with Crippen molar-refractivity contribution in [1.82, 2.24) is 0 Å². The van der Waals surface area contributed by atoms with Crippen LogP contribution in [0.15, 0.2) is 137 Å². The Bertz CT molecular complexity index is 2070. The Labute approximate surface area is 300 Å². The summed E-state index contributed by atoms with van der Waals surface area (Å²) in [7, 11) is -2.49. The van der Waals surface area contributed by atoms with E-state index < -0.39 is 13.1 Å². The monoisotopic (exact) mass is 864 g/mol. The Hall–Kier alpha value is -3.57. The number of Topliss-reactive ketones (excluding diaryl/α,β-unsaturated/α-hetero) is 1. The zero-order valence-corrected chi connectivity index (χ0v) is 31.9. The Kier molecular flexibility index (Phi) is 10.9. The van der Waals surface area contributed by atoms with Crippen molar-refractivity contribution < 1.29 is 31.9 Å². The first-order valence-corrected chi connectivity index (χ1v) is 20.3. The van der Waals surface area contributed by atoms with Gasteiger partial charge in [0.15, 0.2) is 0 Å². The van der Waals surface area contributed by atoms with E-state index in [1.165, 1.54) is 39.7 Å². The van der Waals surface area contributed by atoms with Gasteiger partial charge in [0, 0.05) is 0 Å². The van der Waals surface area contributed by atoms with Crippen LogP contribution in [-0.2, 0) is 22.7 Å². The molecule has 241 valence electrons. The third kappa shape index (κ3) is 6.43. The van der Waals surface area contributed by atoms with E-state index in [9.17, 15) is 4.79 Å². The molecule has 0 spiro atoms. The minimum absolute atomic E-state index is 0.172. The average Bonchev–Trinajstić information content (AvgIpc) is 3.82. The summed E-state index contributed by atoms with van der Waals surface area (Å²) in [5.74, 6) is -0.684. The summed E-state index contributed by atoms with van der Waals surface area (Å²) in [5.41, 5.74) is 3.32. The molecule has 0 unspecified atom stereocenters. The van der Waals surface area contributed by atoms with Gasteiger partial charge in [-0.25, -0.2) is 0 Å². The van der Waals surface area contributed by atoms with E-state index in [0.29, 0.717) is 18.6 Å². The molecule has 1 aliphatic heterocycles. The van der Waals surface area contributed by atoms with Gasteiger partial charge in [0.1, 0.15) is 0 Å². The van der Waals surface area contributed by atoms with Gasteiger partial charge in [-0.2, -0.15) is 0 Å². The fourth-order valence-corrected chi connectivity index (χ4v) is 14.3. The standard InChI is InChI=1S/C41H34FO2PS2.Os/c1-5-16-36-38-39(42)40(28(3)43)47-41(38)37(46-36)24-23-31(25-32-27-44-26-30(32)6-2)29(4)45(33-17-10-7-11-18-33,34-19-12-8-13-20-34)35-21-14-9-15-22-35;/h5-25H,26-27H2,1-3H3;/q+1;/b16-5+,24-23+,30-6?,31-29?,32-25?;. The van der Waals surface area contributed by atoms with E-state index in [4.69, 9.17) is 4.74 Å². The van der Waals surface area contributed by atoms with E-state index >= 15 is 4.39 Å². The van der Waals surface area contributed by atoms with E-state index in [-0.39, 0.29) is 10.7 Å². The molecule has 0 bridgehead atoms. The third-order valence-corrected chi connectivity index (χ3v) is 16.3. The predicted molar refractivity (Wildman–Crippen MR) is 202 cm³/mol. The number of carbonyl (C=O) groups excluding carboxylic acids is 1. The molecule has 0 atom stereocenters. The number of hydrogen-bond acceptors (Lipinski definition) is 4. The summed E-state index contributed by atoms with van der Waals surface area (Å²) < 4.78 is 26.1. The van der Waals surface area contributed by atoms with Crippen LogP contribution in [0.2, 0.25) is 0 Å². The van der Waals surface area contributed by atoms with Gasteiger partial charge >= 0.3 is 302 Å². The Morgan fingerprint density at radius 1 is 0.833 bits per heavy atom. The second-order valence-electron chi connectivity index (χ2n) is 11.2. The van der Waals surface area contributed by atoms with Crippen LogP contribution in [-0.4, -0.2) is 19.0 Å². The van der Waals surface area contributed by atoms with Gasteiger partial charge in [0.2, 0.25) is 0 Å². The molecule has 0 radical (unpaired) electrons. The number of carbonyl (C=O) groups is 1. The number of ether oxygens (including phenoxy) is 1. The molecule has 1 fully saturated rings. The van der Waals surface area contributed by atoms with Crippen LogP contribution >= 0.6 is 29.9 Å². The Morgan fingerprint density at radius 3 is 1.90 bits per heavy atom. The quantitative estimate of drug-likeness (QED) is 0.0839. The van der Waals surface area contributed by atoms with Gasteiger partial charge in [-0.15, -0.1) is 0 Å². The Morgan fingerprint density at radius 2 is 1.40 bits per heavy atom. The van der Waals surface area contributed by atoms with Crippen molar-refractivity contribution in [2.75, 3.05) is 13.2 Å². The van der Waals surface area contributed by atoms with Crippen LogP contribution in [0.5, 0.6) is 0 Å². The van der Waals surface area contributed by atoms with Crippen LogP contribution in [0.1, 0.15) is 40.2 Å². The summed E-state index contributed by atoms with van der Waals surface area (Å²) in [4.78, 5) is 14.3. The zero-order chi connectivity index (χ0) is 33.7. The number of benzene rings is 3. The molecule has 6 rings (SSSR count). The molecule has 0 amide bonds. The van der Waals surface area contributed by atoms with Crippen molar-refractivity contribution in [3.05, 3.63) is 158 Å². The molecule has 0 N–H and O–H groups in total. The first-order chi connectivity index (χ1) is 23.4. The maximum atomic E-state index is 15.6. The van der Waals surface area contributed by atoms with E-state index in [1.807, 2.05) is 19.1 Å². The van der Waals surface area contributed by atoms with Gasteiger partial charge in [0.05, 0.1) is 0 Å². The average molecular weight is 863 g/mol. The summed E-state index contributed by atoms with van der Waals surface area (Å²) in [6.45, 7) is 6.50. The molecule has 5 aromatic rings. The number of thiophene rings is 2. The third-order valence-electron chi connectivity index (χ3n) is 8.32. The van der Waals surface area contributed by atoms with Gasteiger partial charge in [-0.1, -0.05) is 0 Å². The first-order valence-electron chi connectivity index (χ1n) is 15.6. The summed E-state index contributed by atoms with van der Waals surface area (Å²) in [6, 6.07) is 32.3. The summed E-state index contributed by atoms with van der Waals surface area (Å²) in [6.07, 6.45) is 12.5. The maximum absolute atomic E-state index is 15.6. The summed E-state index contributed by atoms with van der Waals surface area (Å²) in [5, 5.41) is 5.33. The molecule has 0 saturated carbocycles. The second kappa shape index (κ2) is 15.3. The van der Waals surface area contributed by atoms with Crippen molar-refractivity contribution in [2.45, 2.75) is 20.8 Å². The van der Waals surface area contributed by atoms with Crippen LogP contribution in [0.25, 0.3) is 22.2 Å². The number of fused-ring (bicyclic) bond motifs is 1. The normalized spacial score (nSPS) is 16.0. The molecule has 1 aliphatic rings. The molecule has 7 heteroatoms. The predicted octanol–water partition coefficient (Wildman–Crippen LogP) is 10.0. The number of ketones is 1. The zero-order valence-electron chi connectivity index (χ0n) is 26.9. The van der Waals surface area contributed by atoms with E-state index in [1.54, 1.807) is 29.3 Å². The van der Waals surface area contributed by atoms with E-state index in [2.05, 4.69) is 127 Å². The number of halogens is 1. The SMILES string of the molecule is CC=C1COCC1=CC(/C=C/c1sc(/C=C/C)c2c(F)c(C(C)=O)sc12)=C([C]#[Os])[P+](c1ccccc1)(c1ccccc1)c1ccccc1. The molecule has 2 aromatic heterocycles. The van der Waals surface area contributed by atoms with Crippen LogP contribution < -0.4 is 15.9 Å². The van der Waals surface area contributed by atoms with Crippen molar-refractivity contribution in [2.24, 2.45) is 0 Å². The molecule has 2 nitrogen and oxygen atoms in total.